The summed E-state index contributed by atoms with van der Waals surface area (Å²) in [6, 6.07) is 3.79. The van der Waals surface area contributed by atoms with E-state index in [-0.39, 0.29) is 13.4 Å². The second-order valence-electron chi connectivity index (χ2n) is 2.82. The van der Waals surface area contributed by atoms with Crippen molar-refractivity contribution in [2.24, 2.45) is 0 Å². The van der Waals surface area contributed by atoms with Crippen LogP contribution in [0.25, 0.3) is 0 Å². The van der Waals surface area contributed by atoms with Crippen molar-refractivity contribution in [1.29, 1.82) is 0 Å². The molecule has 1 aromatic rings. The van der Waals surface area contributed by atoms with E-state index in [2.05, 4.69) is 15.9 Å². The first-order chi connectivity index (χ1) is 6.31. The van der Waals surface area contributed by atoms with E-state index in [4.69, 9.17) is 14.6 Å². The standard InChI is InChI=1S/C9H9BrO3/c10-8-1-6(3-11)9-7(2-8)4-12-5-13-9/h1-2,11H,3-5H2. The van der Waals surface area contributed by atoms with Gasteiger partial charge in [-0.25, -0.2) is 0 Å². The van der Waals surface area contributed by atoms with Crippen molar-refractivity contribution in [1.82, 2.24) is 0 Å². The predicted octanol–water partition coefficient (Wildman–Crippen LogP) is 1.81. The van der Waals surface area contributed by atoms with Gasteiger partial charge in [-0.2, -0.15) is 0 Å². The van der Waals surface area contributed by atoms with Gasteiger partial charge in [-0.1, -0.05) is 15.9 Å². The summed E-state index contributed by atoms with van der Waals surface area (Å²) >= 11 is 3.36. The average Bonchev–Trinajstić information content (AvgIpc) is 2.16. The van der Waals surface area contributed by atoms with Crippen LogP contribution in [0.5, 0.6) is 5.75 Å². The molecule has 0 aliphatic carbocycles. The van der Waals surface area contributed by atoms with Crippen LogP contribution in [0.1, 0.15) is 11.1 Å². The van der Waals surface area contributed by atoms with Crippen LogP contribution >= 0.6 is 15.9 Å². The molecule has 0 bridgehead atoms. The van der Waals surface area contributed by atoms with E-state index in [0.29, 0.717) is 6.61 Å². The molecule has 1 aliphatic rings. The normalized spacial score (nSPS) is 14.9. The van der Waals surface area contributed by atoms with Gasteiger partial charge in [0.2, 0.25) is 0 Å². The molecule has 0 saturated heterocycles. The lowest BCUT2D eigenvalue weighted by atomic mass is 10.1. The topological polar surface area (TPSA) is 38.7 Å². The SMILES string of the molecule is OCc1cc(Br)cc2c1OCOC2. The number of hydrogen-bond donors (Lipinski definition) is 1. The van der Waals surface area contributed by atoms with Gasteiger partial charge >= 0.3 is 0 Å². The third-order valence-electron chi connectivity index (χ3n) is 1.92. The lowest BCUT2D eigenvalue weighted by Gasteiger charge is -2.20. The minimum atomic E-state index is -0.0121. The highest BCUT2D eigenvalue weighted by Crippen LogP contribution is 2.31. The Kier molecular flexibility index (Phi) is 2.53. The highest BCUT2D eigenvalue weighted by molar-refractivity contribution is 9.10. The van der Waals surface area contributed by atoms with Crippen molar-refractivity contribution < 1.29 is 14.6 Å². The molecule has 0 radical (unpaired) electrons. The molecule has 3 nitrogen and oxygen atoms in total. The molecule has 1 N–H and O–H groups in total. The van der Waals surface area contributed by atoms with E-state index in [0.717, 1.165) is 21.3 Å². The summed E-state index contributed by atoms with van der Waals surface area (Å²) in [7, 11) is 0. The van der Waals surface area contributed by atoms with Gasteiger partial charge in [0.25, 0.3) is 0 Å². The van der Waals surface area contributed by atoms with Crippen LogP contribution in [0.3, 0.4) is 0 Å². The maximum absolute atomic E-state index is 9.08. The molecule has 13 heavy (non-hydrogen) atoms. The smallest absolute Gasteiger partial charge is 0.189 e. The van der Waals surface area contributed by atoms with Gasteiger partial charge in [-0.15, -0.1) is 0 Å². The van der Waals surface area contributed by atoms with E-state index >= 15 is 0 Å². The molecule has 0 aromatic heterocycles. The first-order valence-electron chi connectivity index (χ1n) is 3.94. The number of rotatable bonds is 1. The zero-order valence-corrected chi connectivity index (χ0v) is 8.50. The Morgan fingerprint density at radius 3 is 3.08 bits per heavy atom. The molecule has 1 heterocycles. The Morgan fingerprint density at radius 2 is 2.31 bits per heavy atom. The molecule has 70 valence electrons. The second-order valence-corrected chi connectivity index (χ2v) is 3.74. The summed E-state index contributed by atoms with van der Waals surface area (Å²) in [5, 5.41) is 9.08. The molecular formula is C9H9BrO3. The Labute approximate surface area is 84.4 Å². The molecule has 0 atom stereocenters. The minimum Gasteiger partial charge on any atom is -0.467 e. The first-order valence-corrected chi connectivity index (χ1v) is 4.73. The Bertz CT molecular complexity index is 308. The zero-order valence-electron chi connectivity index (χ0n) is 6.92. The third kappa shape index (κ3) is 1.70. The molecule has 0 amide bonds. The summed E-state index contributed by atoms with van der Waals surface area (Å²) < 4.78 is 11.4. The Morgan fingerprint density at radius 1 is 1.46 bits per heavy atom. The summed E-state index contributed by atoms with van der Waals surface area (Å²) in [6.45, 7) is 0.797. The molecule has 1 aromatic carbocycles. The molecular weight excluding hydrogens is 236 g/mol. The van der Waals surface area contributed by atoms with Gasteiger partial charge < -0.3 is 14.6 Å². The van der Waals surface area contributed by atoms with E-state index in [1.165, 1.54) is 0 Å². The lowest BCUT2D eigenvalue weighted by Crippen LogP contribution is -2.13. The Balaban J connectivity index is 2.50. The largest absolute Gasteiger partial charge is 0.467 e. The maximum Gasteiger partial charge on any atom is 0.189 e. The van der Waals surface area contributed by atoms with Crippen LogP contribution in [-0.4, -0.2) is 11.9 Å². The molecule has 4 heteroatoms. The van der Waals surface area contributed by atoms with Crippen LogP contribution < -0.4 is 4.74 Å². The van der Waals surface area contributed by atoms with Gasteiger partial charge in [0.15, 0.2) is 6.79 Å². The fraction of sp³-hybridized carbons (Fsp3) is 0.333. The number of fused-ring (bicyclic) bond motifs is 1. The molecule has 1 aliphatic heterocycles. The van der Waals surface area contributed by atoms with E-state index < -0.39 is 0 Å². The number of halogens is 1. The summed E-state index contributed by atoms with van der Waals surface area (Å²) in [6.07, 6.45) is 0. The van der Waals surface area contributed by atoms with Crippen molar-refractivity contribution in [3.8, 4) is 5.75 Å². The predicted molar refractivity (Wildman–Crippen MR) is 50.3 cm³/mol. The van der Waals surface area contributed by atoms with Gasteiger partial charge in [0.05, 0.1) is 13.2 Å². The fourth-order valence-electron chi connectivity index (χ4n) is 1.37. The number of aliphatic hydroxyl groups excluding tert-OH is 1. The van der Waals surface area contributed by atoms with Gasteiger partial charge in [0, 0.05) is 15.6 Å². The summed E-state index contributed by atoms with van der Waals surface area (Å²) in [5.41, 5.74) is 1.78. The van der Waals surface area contributed by atoms with Crippen LogP contribution in [-0.2, 0) is 18.0 Å². The highest BCUT2D eigenvalue weighted by Gasteiger charge is 2.15. The molecule has 2 rings (SSSR count). The molecule has 0 saturated carbocycles. The van der Waals surface area contributed by atoms with Crippen LogP contribution in [0.2, 0.25) is 0 Å². The monoisotopic (exact) mass is 244 g/mol. The molecule has 0 fully saturated rings. The summed E-state index contributed by atoms with van der Waals surface area (Å²) in [5.74, 6) is 0.761. The van der Waals surface area contributed by atoms with E-state index in [1.807, 2.05) is 12.1 Å². The van der Waals surface area contributed by atoms with E-state index in [1.54, 1.807) is 0 Å². The number of ether oxygens (including phenoxy) is 2. The van der Waals surface area contributed by atoms with Crippen molar-refractivity contribution in [2.45, 2.75) is 13.2 Å². The third-order valence-corrected chi connectivity index (χ3v) is 2.38. The molecule has 0 unspecified atom stereocenters. The number of benzene rings is 1. The van der Waals surface area contributed by atoms with E-state index in [9.17, 15) is 0 Å². The van der Waals surface area contributed by atoms with Gasteiger partial charge in [0.1, 0.15) is 5.75 Å². The fourth-order valence-corrected chi connectivity index (χ4v) is 1.93. The minimum absolute atomic E-state index is 0.0121. The van der Waals surface area contributed by atoms with Crippen LogP contribution in [0.4, 0.5) is 0 Å². The summed E-state index contributed by atoms with van der Waals surface area (Å²) in [4.78, 5) is 0. The second kappa shape index (κ2) is 3.65. The van der Waals surface area contributed by atoms with Crippen molar-refractivity contribution in [3.63, 3.8) is 0 Å². The van der Waals surface area contributed by atoms with Crippen LogP contribution in [0, 0.1) is 0 Å². The van der Waals surface area contributed by atoms with Gasteiger partial charge in [-0.3, -0.25) is 0 Å². The van der Waals surface area contributed by atoms with Crippen molar-refractivity contribution >= 4 is 15.9 Å². The van der Waals surface area contributed by atoms with Gasteiger partial charge in [-0.05, 0) is 12.1 Å². The average molecular weight is 245 g/mol. The molecule has 0 spiro atoms. The maximum atomic E-state index is 9.08. The quantitative estimate of drug-likeness (QED) is 0.819. The number of hydrogen-bond acceptors (Lipinski definition) is 3. The van der Waals surface area contributed by atoms with Crippen molar-refractivity contribution in [3.05, 3.63) is 27.7 Å². The highest BCUT2D eigenvalue weighted by atomic mass is 79.9. The number of aliphatic hydroxyl groups is 1. The van der Waals surface area contributed by atoms with Crippen LogP contribution in [0.15, 0.2) is 16.6 Å². The zero-order chi connectivity index (χ0) is 9.26. The first kappa shape index (κ1) is 8.99. The Hall–Kier alpha value is -0.580. The van der Waals surface area contributed by atoms with Crippen molar-refractivity contribution in [2.75, 3.05) is 6.79 Å². The lowest BCUT2D eigenvalue weighted by molar-refractivity contribution is -0.0177.